The van der Waals surface area contributed by atoms with Gasteiger partial charge in [-0.15, -0.1) is 0 Å². The Labute approximate surface area is 85.9 Å². The number of alkyl halides is 2. The highest BCUT2D eigenvalue weighted by atomic mass is 79.9. The Morgan fingerprint density at radius 1 is 1.64 bits per heavy atom. The van der Waals surface area contributed by atoms with Crippen molar-refractivity contribution in [1.29, 1.82) is 0 Å². The zero-order valence-electron chi connectivity index (χ0n) is 6.67. The number of carbonyl (C=O) groups is 1. The Hall–Kier alpha value is -1.24. The summed E-state index contributed by atoms with van der Waals surface area (Å²) < 4.78 is 24.6. The number of aromatic carboxylic acids is 1. The number of nitrogens with two attached hydrogens (primary N) is 1. The maximum Gasteiger partial charge on any atom is 0.337 e. The number of nitrogen functional groups attached to an aromatic ring is 1. The molecule has 14 heavy (non-hydrogen) atoms. The Balaban J connectivity index is 3.40. The average molecular weight is 267 g/mol. The molecule has 76 valence electrons. The van der Waals surface area contributed by atoms with Crippen molar-refractivity contribution in [3.05, 3.63) is 21.9 Å². The van der Waals surface area contributed by atoms with Gasteiger partial charge in [-0.05, 0) is 22.0 Å². The highest BCUT2D eigenvalue weighted by Gasteiger charge is 2.20. The van der Waals surface area contributed by atoms with E-state index in [2.05, 4.69) is 20.9 Å². The predicted molar refractivity (Wildman–Crippen MR) is 48.3 cm³/mol. The minimum absolute atomic E-state index is 0.0133. The maximum atomic E-state index is 12.3. The molecule has 3 N–H and O–H groups in total. The van der Waals surface area contributed by atoms with Gasteiger partial charge >= 0.3 is 5.97 Å². The molecule has 0 bridgehead atoms. The van der Waals surface area contributed by atoms with Gasteiger partial charge in [0.05, 0.1) is 11.3 Å². The van der Waals surface area contributed by atoms with Gasteiger partial charge in [-0.3, -0.25) is 0 Å². The monoisotopic (exact) mass is 266 g/mol. The van der Waals surface area contributed by atoms with E-state index >= 15 is 0 Å². The van der Waals surface area contributed by atoms with Crippen molar-refractivity contribution in [2.75, 3.05) is 5.73 Å². The summed E-state index contributed by atoms with van der Waals surface area (Å²) in [5.41, 5.74) is 3.59. The van der Waals surface area contributed by atoms with E-state index in [9.17, 15) is 13.6 Å². The first-order chi connectivity index (χ1) is 6.43. The zero-order valence-corrected chi connectivity index (χ0v) is 8.25. The fourth-order valence-corrected chi connectivity index (χ4v) is 1.31. The van der Waals surface area contributed by atoms with Crippen LogP contribution in [0.15, 0.2) is 10.7 Å². The summed E-state index contributed by atoms with van der Waals surface area (Å²) in [4.78, 5) is 14.0. The number of aromatic nitrogens is 1. The normalized spacial score (nSPS) is 10.6. The molecule has 7 heteroatoms. The number of anilines is 1. The molecule has 0 atom stereocenters. The summed E-state index contributed by atoms with van der Waals surface area (Å²) in [6, 6.07) is 1.07. The molecule has 0 aliphatic rings. The van der Waals surface area contributed by atoms with Gasteiger partial charge < -0.3 is 10.8 Å². The summed E-state index contributed by atoms with van der Waals surface area (Å²) in [7, 11) is 0. The molecular formula is C7H5BrF2N2O2. The third-order valence-electron chi connectivity index (χ3n) is 1.49. The molecule has 0 aromatic carbocycles. The molecular weight excluding hydrogens is 262 g/mol. The number of hydrogen-bond donors (Lipinski definition) is 2. The second-order valence-electron chi connectivity index (χ2n) is 2.40. The first kappa shape index (κ1) is 10.8. The van der Waals surface area contributed by atoms with Crippen LogP contribution < -0.4 is 5.73 Å². The fourth-order valence-electron chi connectivity index (χ4n) is 0.886. The zero-order chi connectivity index (χ0) is 10.9. The van der Waals surface area contributed by atoms with Gasteiger partial charge in [0, 0.05) is 0 Å². The lowest BCUT2D eigenvalue weighted by molar-refractivity contribution is 0.0697. The van der Waals surface area contributed by atoms with Crippen molar-refractivity contribution in [1.82, 2.24) is 4.98 Å². The van der Waals surface area contributed by atoms with Crippen molar-refractivity contribution in [2.45, 2.75) is 6.43 Å². The number of halogens is 3. The van der Waals surface area contributed by atoms with E-state index in [-0.39, 0.29) is 10.2 Å². The number of nitrogens with zero attached hydrogens (tertiary/aromatic N) is 1. The highest BCUT2D eigenvalue weighted by Crippen LogP contribution is 2.28. The summed E-state index contributed by atoms with van der Waals surface area (Å²) in [6.45, 7) is 0. The second kappa shape index (κ2) is 3.87. The van der Waals surface area contributed by atoms with E-state index in [1.807, 2.05) is 0 Å². The molecule has 0 aliphatic heterocycles. The van der Waals surface area contributed by atoms with Gasteiger partial charge in [0.25, 0.3) is 6.43 Å². The third kappa shape index (κ3) is 1.98. The highest BCUT2D eigenvalue weighted by molar-refractivity contribution is 9.10. The second-order valence-corrected chi connectivity index (χ2v) is 3.21. The Morgan fingerprint density at radius 3 is 2.64 bits per heavy atom. The molecule has 1 rings (SSSR count). The molecule has 0 fully saturated rings. The van der Waals surface area contributed by atoms with E-state index in [0.717, 1.165) is 6.07 Å². The number of pyridine rings is 1. The molecule has 0 amide bonds. The van der Waals surface area contributed by atoms with Crippen molar-refractivity contribution < 1.29 is 18.7 Å². The predicted octanol–water partition coefficient (Wildman–Crippen LogP) is 2.06. The lowest BCUT2D eigenvalue weighted by atomic mass is 10.2. The molecule has 1 aromatic rings. The van der Waals surface area contributed by atoms with Crippen LogP contribution in [-0.2, 0) is 0 Å². The van der Waals surface area contributed by atoms with E-state index < -0.39 is 23.8 Å². The Morgan fingerprint density at radius 2 is 2.21 bits per heavy atom. The Bertz CT molecular complexity index is 384. The standard InChI is InChI=1S/C7H5BrF2N2O2/c8-3-1-2(7(13)14)4(11)5(12-3)6(9)10/h1,6H,11H2,(H,13,14). The van der Waals surface area contributed by atoms with Crippen molar-refractivity contribution in [2.24, 2.45) is 0 Å². The van der Waals surface area contributed by atoms with Crippen LogP contribution in [0.5, 0.6) is 0 Å². The number of rotatable bonds is 2. The van der Waals surface area contributed by atoms with Crippen molar-refractivity contribution >= 4 is 27.6 Å². The van der Waals surface area contributed by atoms with Gasteiger partial charge in [-0.25, -0.2) is 18.6 Å². The van der Waals surface area contributed by atoms with Crippen LogP contribution in [0, 0.1) is 0 Å². The number of carboxylic acid groups (broad SMARTS) is 1. The smallest absolute Gasteiger partial charge is 0.337 e. The van der Waals surface area contributed by atoms with Crippen LogP contribution in [0.3, 0.4) is 0 Å². The third-order valence-corrected chi connectivity index (χ3v) is 1.90. The van der Waals surface area contributed by atoms with Gasteiger partial charge in [0.1, 0.15) is 10.3 Å². The fraction of sp³-hybridized carbons (Fsp3) is 0.143. The number of hydrogen-bond acceptors (Lipinski definition) is 3. The van der Waals surface area contributed by atoms with Crippen molar-refractivity contribution in [3.8, 4) is 0 Å². The molecule has 0 aliphatic carbocycles. The molecule has 0 saturated heterocycles. The van der Waals surface area contributed by atoms with Crippen LogP contribution in [0.1, 0.15) is 22.5 Å². The van der Waals surface area contributed by atoms with E-state index in [0.29, 0.717) is 0 Å². The summed E-state index contributed by atoms with van der Waals surface area (Å²) >= 11 is 2.82. The summed E-state index contributed by atoms with van der Waals surface area (Å²) in [5, 5.41) is 8.62. The van der Waals surface area contributed by atoms with Crippen LogP contribution >= 0.6 is 15.9 Å². The van der Waals surface area contributed by atoms with E-state index in [1.165, 1.54) is 0 Å². The summed E-state index contributed by atoms with van der Waals surface area (Å²) in [5.74, 6) is -1.37. The molecule has 0 radical (unpaired) electrons. The average Bonchev–Trinajstić information content (AvgIpc) is 2.07. The van der Waals surface area contributed by atoms with Crippen LogP contribution in [0.4, 0.5) is 14.5 Å². The van der Waals surface area contributed by atoms with E-state index in [1.54, 1.807) is 0 Å². The first-order valence-corrected chi connectivity index (χ1v) is 4.20. The van der Waals surface area contributed by atoms with Crippen LogP contribution in [-0.4, -0.2) is 16.1 Å². The molecule has 1 aromatic heterocycles. The minimum Gasteiger partial charge on any atom is -0.478 e. The summed E-state index contributed by atoms with van der Waals surface area (Å²) in [6.07, 6.45) is -2.90. The van der Waals surface area contributed by atoms with Gasteiger partial charge in [-0.2, -0.15) is 0 Å². The lowest BCUT2D eigenvalue weighted by Gasteiger charge is -2.07. The topological polar surface area (TPSA) is 76.2 Å². The minimum atomic E-state index is -2.90. The lowest BCUT2D eigenvalue weighted by Crippen LogP contribution is -2.08. The largest absolute Gasteiger partial charge is 0.478 e. The quantitative estimate of drug-likeness (QED) is 0.804. The van der Waals surface area contributed by atoms with Gasteiger partial charge in [0.15, 0.2) is 0 Å². The number of carboxylic acids is 1. The first-order valence-electron chi connectivity index (χ1n) is 3.41. The molecule has 0 unspecified atom stereocenters. The SMILES string of the molecule is Nc1c(C(=O)O)cc(Br)nc1C(F)F. The van der Waals surface area contributed by atoms with Crippen LogP contribution in [0.2, 0.25) is 0 Å². The Kier molecular flexibility index (Phi) is 3.00. The maximum absolute atomic E-state index is 12.3. The van der Waals surface area contributed by atoms with E-state index in [4.69, 9.17) is 10.8 Å². The molecule has 0 saturated carbocycles. The molecule has 0 spiro atoms. The van der Waals surface area contributed by atoms with Crippen LogP contribution in [0.25, 0.3) is 0 Å². The molecule has 4 nitrogen and oxygen atoms in total. The van der Waals surface area contributed by atoms with Gasteiger partial charge in [-0.1, -0.05) is 0 Å². The molecule has 1 heterocycles. The van der Waals surface area contributed by atoms with Crippen molar-refractivity contribution in [3.63, 3.8) is 0 Å². The van der Waals surface area contributed by atoms with Gasteiger partial charge in [0.2, 0.25) is 0 Å².